The van der Waals surface area contributed by atoms with Crippen molar-refractivity contribution in [2.24, 2.45) is 10.2 Å². The summed E-state index contributed by atoms with van der Waals surface area (Å²) in [4.78, 5) is 25.3. The van der Waals surface area contributed by atoms with Crippen LogP contribution in [0.1, 0.15) is 12.0 Å². The summed E-state index contributed by atoms with van der Waals surface area (Å²) in [5.41, 5.74) is 1.89. The number of carbonyl (C=O) groups excluding carboxylic acids is 1. The number of benzene rings is 1. The molecule has 1 atom stereocenters. The first-order valence-electron chi connectivity index (χ1n) is 6.50. The minimum Gasteiger partial charge on any atom is -0.481 e. The van der Waals surface area contributed by atoms with Crippen molar-refractivity contribution in [3.05, 3.63) is 36.0 Å². The maximum Gasteiger partial charge on any atom is 0.305 e. The summed E-state index contributed by atoms with van der Waals surface area (Å²) >= 11 is 1.07. The molecule has 1 aliphatic rings. The molecule has 2 heterocycles. The Kier molecular flexibility index (Phi) is 3.92. The second-order valence-electron chi connectivity index (χ2n) is 4.63. The van der Waals surface area contributed by atoms with Crippen molar-refractivity contribution in [1.82, 2.24) is 10.3 Å². The third kappa shape index (κ3) is 3.01. The number of carboxylic acids is 1. The predicted octanol–water partition coefficient (Wildman–Crippen LogP) is 1.56. The Balaban J connectivity index is 1.72. The second-order valence-corrected chi connectivity index (χ2v) is 5.82. The number of hydrogen-bond acceptors (Lipinski definition) is 5. The number of carbonyl (C=O) groups is 2. The Morgan fingerprint density at radius 3 is 3.05 bits per heavy atom. The lowest BCUT2D eigenvalue weighted by Crippen LogP contribution is -2.26. The Labute approximate surface area is 129 Å². The van der Waals surface area contributed by atoms with Crippen LogP contribution in [0.3, 0.4) is 0 Å². The summed E-state index contributed by atoms with van der Waals surface area (Å²) in [7, 11) is 0. The van der Waals surface area contributed by atoms with Gasteiger partial charge in [-0.15, -0.1) is 5.10 Å². The van der Waals surface area contributed by atoms with Gasteiger partial charge in [0.2, 0.25) is 5.91 Å². The number of hydrogen-bond donors (Lipinski definition) is 3. The zero-order chi connectivity index (χ0) is 15.5. The fourth-order valence-corrected chi connectivity index (χ4v) is 3.00. The van der Waals surface area contributed by atoms with Gasteiger partial charge in [0.1, 0.15) is 5.25 Å². The minimum atomic E-state index is -1.02. The lowest BCUT2D eigenvalue weighted by Gasteiger charge is -1.97. The van der Waals surface area contributed by atoms with Gasteiger partial charge in [-0.3, -0.25) is 9.59 Å². The van der Waals surface area contributed by atoms with Gasteiger partial charge >= 0.3 is 5.97 Å². The maximum absolute atomic E-state index is 11.6. The number of amidine groups is 1. The van der Waals surface area contributed by atoms with Crippen LogP contribution in [0.5, 0.6) is 0 Å². The summed E-state index contributed by atoms with van der Waals surface area (Å²) in [5.74, 6) is -1.37. The van der Waals surface area contributed by atoms with E-state index in [9.17, 15) is 9.59 Å². The average molecular weight is 316 g/mol. The van der Waals surface area contributed by atoms with Crippen LogP contribution >= 0.6 is 11.8 Å². The van der Waals surface area contributed by atoms with Crippen LogP contribution in [0.4, 0.5) is 0 Å². The first kappa shape index (κ1) is 14.3. The van der Waals surface area contributed by atoms with Crippen LogP contribution in [0.15, 0.2) is 40.7 Å². The number of aromatic amines is 1. The van der Waals surface area contributed by atoms with E-state index in [1.54, 1.807) is 6.21 Å². The van der Waals surface area contributed by atoms with E-state index in [2.05, 4.69) is 20.5 Å². The number of carboxylic acid groups (broad SMARTS) is 1. The molecule has 1 aliphatic heterocycles. The van der Waals surface area contributed by atoms with Crippen molar-refractivity contribution in [3.8, 4) is 0 Å². The van der Waals surface area contributed by atoms with Gasteiger partial charge in [-0.2, -0.15) is 5.10 Å². The van der Waals surface area contributed by atoms with Crippen LogP contribution in [-0.4, -0.2) is 38.6 Å². The van der Waals surface area contributed by atoms with Gasteiger partial charge in [0.25, 0.3) is 0 Å². The van der Waals surface area contributed by atoms with Crippen LogP contribution < -0.4 is 5.32 Å². The first-order valence-corrected chi connectivity index (χ1v) is 7.38. The van der Waals surface area contributed by atoms with Crippen LogP contribution in [0.25, 0.3) is 10.9 Å². The number of nitrogens with zero attached hydrogens (tertiary/aromatic N) is 2. The number of aliphatic carboxylic acids is 1. The van der Waals surface area contributed by atoms with Gasteiger partial charge < -0.3 is 15.4 Å². The van der Waals surface area contributed by atoms with Gasteiger partial charge in [0.05, 0.1) is 12.6 Å². The van der Waals surface area contributed by atoms with Crippen molar-refractivity contribution in [1.29, 1.82) is 0 Å². The third-order valence-electron chi connectivity index (χ3n) is 3.10. The van der Waals surface area contributed by atoms with Crippen molar-refractivity contribution >= 4 is 45.9 Å². The molecule has 112 valence electrons. The molecule has 0 aliphatic carbocycles. The van der Waals surface area contributed by atoms with Crippen molar-refractivity contribution < 1.29 is 14.7 Å². The van der Waals surface area contributed by atoms with Crippen LogP contribution in [-0.2, 0) is 9.59 Å². The summed E-state index contributed by atoms with van der Waals surface area (Å²) in [5, 5.41) is 19.8. The number of thioether (sulfide) groups is 1. The zero-order valence-corrected chi connectivity index (χ0v) is 12.1. The molecule has 8 heteroatoms. The first-order chi connectivity index (χ1) is 10.6. The van der Waals surface area contributed by atoms with Gasteiger partial charge in [0, 0.05) is 22.7 Å². The van der Waals surface area contributed by atoms with E-state index in [1.165, 1.54) is 0 Å². The third-order valence-corrected chi connectivity index (χ3v) is 4.18. The van der Waals surface area contributed by atoms with E-state index in [1.807, 2.05) is 30.5 Å². The van der Waals surface area contributed by atoms with Crippen LogP contribution in [0.2, 0.25) is 0 Å². The molecule has 2 aromatic rings. The van der Waals surface area contributed by atoms with E-state index < -0.39 is 11.2 Å². The molecule has 1 amide bonds. The molecule has 3 rings (SSSR count). The number of nitrogens with one attached hydrogen (secondary N) is 2. The molecule has 1 aromatic heterocycles. The molecule has 1 unspecified atom stereocenters. The molecule has 22 heavy (non-hydrogen) atoms. The number of amides is 1. The van der Waals surface area contributed by atoms with E-state index >= 15 is 0 Å². The summed E-state index contributed by atoms with van der Waals surface area (Å²) in [6.45, 7) is 0. The highest BCUT2D eigenvalue weighted by Gasteiger charge is 2.32. The Morgan fingerprint density at radius 2 is 2.23 bits per heavy atom. The van der Waals surface area contributed by atoms with Crippen molar-refractivity contribution in [3.63, 3.8) is 0 Å². The lowest BCUT2D eigenvalue weighted by molar-refractivity contribution is -0.138. The van der Waals surface area contributed by atoms with Gasteiger partial charge in [-0.25, -0.2) is 0 Å². The molecule has 3 N–H and O–H groups in total. The van der Waals surface area contributed by atoms with Gasteiger partial charge in [-0.1, -0.05) is 30.0 Å². The Morgan fingerprint density at radius 1 is 1.41 bits per heavy atom. The van der Waals surface area contributed by atoms with E-state index in [4.69, 9.17) is 5.11 Å². The molecular weight excluding hydrogens is 304 g/mol. The summed E-state index contributed by atoms with van der Waals surface area (Å²) in [6, 6.07) is 7.80. The zero-order valence-electron chi connectivity index (χ0n) is 11.3. The number of fused-ring (bicyclic) bond motifs is 1. The fourth-order valence-electron chi connectivity index (χ4n) is 2.09. The smallest absolute Gasteiger partial charge is 0.305 e. The number of para-hydroxylation sites is 1. The summed E-state index contributed by atoms with van der Waals surface area (Å²) in [6.07, 6.45) is 3.17. The molecule has 7 nitrogen and oxygen atoms in total. The largest absolute Gasteiger partial charge is 0.481 e. The summed E-state index contributed by atoms with van der Waals surface area (Å²) < 4.78 is 0. The average Bonchev–Trinajstić information content (AvgIpc) is 3.04. The van der Waals surface area contributed by atoms with E-state index in [-0.39, 0.29) is 12.3 Å². The Hall–Kier alpha value is -2.61. The quantitative estimate of drug-likeness (QED) is 0.588. The molecule has 0 spiro atoms. The number of rotatable bonds is 4. The lowest BCUT2D eigenvalue weighted by atomic mass is 10.2. The monoisotopic (exact) mass is 316 g/mol. The molecule has 1 fully saturated rings. The van der Waals surface area contributed by atoms with E-state index in [0.717, 1.165) is 28.2 Å². The highest BCUT2D eigenvalue weighted by Crippen LogP contribution is 2.22. The highest BCUT2D eigenvalue weighted by molar-refractivity contribution is 8.15. The number of aromatic nitrogens is 1. The topological polar surface area (TPSA) is 107 Å². The van der Waals surface area contributed by atoms with Gasteiger partial charge in [-0.05, 0) is 6.07 Å². The Bertz CT molecular complexity index is 796. The minimum absolute atomic E-state index is 0.234. The maximum atomic E-state index is 11.6. The molecule has 1 saturated heterocycles. The number of H-pyrrole nitrogens is 1. The normalized spacial score (nSPS) is 20.1. The SMILES string of the molecule is O=C(O)CC1SC(=NN=Cc2c[nH]c3ccccc23)NC1=O. The second kappa shape index (κ2) is 6.02. The molecule has 0 saturated carbocycles. The molecular formula is C14H12N4O3S. The standard InChI is InChI=1S/C14H12N4O3S/c19-12(20)5-11-13(21)17-14(22-11)18-16-7-8-6-15-10-4-2-1-3-9(8)10/h1-4,6-7,11,15H,5H2,(H,19,20)(H,17,18,21). The highest BCUT2D eigenvalue weighted by atomic mass is 32.2. The molecule has 0 radical (unpaired) electrons. The van der Waals surface area contributed by atoms with Crippen molar-refractivity contribution in [2.75, 3.05) is 0 Å². The van der Waals surface area contributed by atoms with Crippen molar-refractivity contribution in [2.45, 2.75) is 11.7 Å². The predicted molar refractivity (Wildman–Crippen MR) is 85.1 cm³/mol. The molecule has 0 bridgehead atoms. The molecule has 1 aromatic carbocycles. The van der Waals surface area contributed by atoms with Crippen LogP contribution in [0, 0.1) is 0 Å². The fraction of sp³-hybridized carbons (Fsp3) is 0.143. The van der Waals surface area contributed by atoms with Gasteiger partial charge in [0.15, 0.2) is 5.17 Å². The van der Waals surface area contributed by atoms with E-state index in [0.29, 0.717) is 5.17 Å².